The van der Waals surface area contributed by atoms with E-state index >= 15 is 0 Å². The van der Waals surface area contributed by atoms with Gasteiger partial charge in [-0.05, 0) is 76.9 Å². The van der Waals surface area contributed by atoms with E-state index < -0.39 is 55.8 Å². The van der Waals surface area contributed by atoms with Gasteiger partial charge in [0.15, 0.2) is 29.2 Å². The molecule has 4 aromatic carbocycles. The van der Waals surface area contributed by atoms with Gasteiger partial charge in [0.25, 0.3) is 0 Å². The molecule has 48 heavy (non-hydrogen) atoms. The van der Waals surface area contributed by atoms with Crippen molar-refractivity contribution in [1.82, 2.24) is 0 Å². The smallest absolute Gasteiger partial charge is 0.191 e. The number of carbonyl (C=O) groups excluding carboxylic acids is 3. The molecule has 0 aromatic heterocycles. The first-order valence-corrected chi connectivity index (χ1v) is 14.7. The van der Waals surface area contributed by atoms with Crippen LogP contribution in [0.25, 0.3) is 6.08 Å². The normalized spacial score (nSPS) is 13.7. The Kier molecular flexibility index (Phi) is 12.7. The van der Waals surface area contributed by atoms with Crippen LogP contribution in [0.4, 0.5) is 0 Å². The minimum atomic E-state index is -1.56. The molecule has 4 unspecified atom stereocenters. The van der Waals surface area contributed by atoms with Crippen LogP contribution in [0.2, 0.25) is 0 Å². The van der Waals surface area contributed by atoms with Crippen LogP contribution in [0, 0.1) is 0 Å². The van der Waals surface area contributed by atoms with Crippen molar-refractivity contribution in [2.75, 3.05) is 19.8 Å². The average molecular weight is 659 g/mol. The molecule has 0 aliphatic rings. The SMILES string of the molecule is O=CC=Cc1ccc(Oc2cc(C(O)C(CO)Oc3ccc(C(O)C(=O)CO)cc3)ccc2Oc2cccc(C(O)C(=O)CO)c2)cc1. The molecule has 0 heterocycles. The van der Waals surface area contributed by atoms with E-state index in [1.807, 2.05) is 0 Å². The summed E-state index contributed by atoms with van der Waals surface area (Å²) in [6, 6.07) is 23.1. The van der Waals surface area contributed by atoms with Gasteiger partial charge in [-0.25, -0.2) is 0 Å². The molecule has 0 saturated carbocycles. The van der Waals surface area contributed by atoms with Gasteiger partial charge in [0.05, 0.1) is 6.61 Å². The monoisotopic (exact) mass is 658 g/mol. The van der Waals surface area contributed by atoms with Crippen LogP contribution in [-0.4, -0.2) is 74.4 Å². The Morgan fingerprint density at radius 2 is 1.25 bits per heavy atom. The highest BCUT2D eigenvalue weighted by Crippen LogP contribution is 2.38. The number of aliphatic hydroxyl groups is 6. The van der Waals surface area contributed by atoms with E-state index in [4.69, 9.17) is 24.4 Å². The van der Waals surface area contributed by atoms with Crippen LogP contribution in [0.1, 0.15) is 40.6 Å². The Bertz CT molecular complexity index is 1720. The first kappa shape index (κ1) is 35.6. The first-order chi connectivity index (χ1) is 23.2. The number of hydrogen-bond donors (Lipinski definition) is 6. The molecular weight excluding hydrogens is 624 g/mol. The Morgan fingerprint density at radius 1 is 0.646 bits per heavy atom. The lowest BCUT2D eigenvalue weighted by Crippen LogP contribution is -2.29. The van der Waals surface area contributed by atoms with Crippen molar-refractivity contribution in [2.45, 2.75) is 24.4 Å². The molecule has 0 saturated heterocycles. The van der Waals surface area contributed by atoms with Crippen LogP contribution in [0.15, 0.2) is 97.1 Å². The van der Waals surface area contributed by atoms with Gasteiger partial charge in [-0.3, -0.25) is 14.4 Å². The number of ether oxygens (including phenoxy) is 3. The predicted octanol–water partition coefficient (Wildman–Crippen LogP) is 3.15. The molecule has 4 aromatic rings. The summed E-state index contributed by atoms with van der Waals surface area (Å²) in [5.74, 6) is -0.396. The minimum absolute atomic E-state index is 0.142. The van der Waals surface area contributed by atoms with Crippen molar-refractivity contribution in [1.29, 1.82) is 0 Å². The number of benzene rings is 4. The second kappa shape index (κ2) is 17.1. The number of hydrogen-bond acceptors (Lipinski definition) is 12. The largest absolute Gasteiger partial charge is 0.485 e. The second-order valence-corrected chi connectivity index (χ2v) is 10.5. The van der Waals surface area contributed by atoms with Crippen molar-refractivity contribution in [3.8, 4) is 28.7 Å². The van der Waals surface area contributed by atoms with Gasteiger partial charge in [0.2, 0.25) is 0 Å². The van der Waals surface area contributed by atoms with Crippen LogP contribution in [0.5, 0.6) is 28.7 Å². The molecule has 12 heteroatoms. The lowest BCUT2D eigenvalue weighted by molar-refractivity contribution is -0.130. The Balaban J connectivity index is 1.62. The number of aldehydes is 1. The third-order valence-electron chi connectivity index (χ3n) is 7.12. The molecular formula is C36H34O12. The number of Topliss-reactive ketones (excluding diaryl/α,β-unsaturated/α-hetero) is 2. The van der Waals surface area contributed by atoms with E-state index in [0.717, 1.165) is 5.56 Å². The maximum absolute atomic E-state index is 11.8. The summed E-state index contributed by atoms with van der Waals surface area (Å²) in [6.07, 6.45) is -1.99. The van der Waals surface area contributed by atoms with Gasteiger partial charge in [-0.15, -0.1) is 0 Å². The number of aliphatic hydroxyl groups excluding tert-OH is 6. The lowest BCUT2D eigenvalue weighted by atomic mass is 10.0. The third-order valence-corrected chi connectivity index (χ3v) is 7.12. The van der Waals surface area contributed by atoms with Gasteiger partial charge in [0, 0.05) is 0 Å². The van der Waals surface area contributed by atoms with E-state index in [0.29, 0.717) is 12.0 Å². The average Bonchev–Trinajstić information content (AvgIpc) is 3.13. The maximum atomic E-state index is 11.8. The zero-order valence-corrected chi connectivity index (χ0v) is 25.5. The number of carbonyl (C=O) groups is 3. The van der Waals surface area contributed by atoms with Crippen LogP contribution in [0.3, 0.4) is 0 Å². The van der Waals surface area contributed by atoms with Crippen molar-refractivity contribution in [3.05, 3.63) is 119 Å². The summed E-state index contributed by atoms with van der Waals surface area (Å²) in [5.41, 5.74) is 1.45. The summed E-state index contributed by atoms with van der Waals surface area (Å²) in [6.45, 7) is -2.25. The molecule has 0 fully saturated rings. The lowest BCUT2D eigenvalue weighted by Gasteiger charge is -2.24. The topological polar surface area (TPSA) is 200 Å². The minimum Gasteiger partial charge on any atom is -0.485 e. The van der Waals surface area contributed by atoms with Gasteiger partial charge in [-0.1, -0.05) is 48.5 Å². The quantitative estimate of drug-likeness (QED) is 0.0716. The zero-order chi connectivity index (χ0) is 34.6. The second-order valence-electron chi connectivity index (χ2n) is 10.5. The Morgan fingerprint density at radius 3 is 1.88 bits per heavy atom. The molecule has 12 nitrogen and oxygen atoms in total. The van der Waals surface area contributed by atoms with Gasteiger partial charge >= 0.3 is 0 Å². The highest BCUT2D eigenvalue weighted by molar-refractivity contribution is 5.85. The molecule has 0 radical (unpaired) electrons. The number of allylic oxidation sites excluding steroid dienone is 1. The molecule has 4 atom stereocenters. The fourth-order valence-electron chi connectivity index (χ4n) is 4.54. The highest BCUT2D eigenvalue weighted by atomic mass is 16.5. The van der Waals surface area contributed by atoms with Crippen LogP contribution < -0.4 is 14.2 Å². The van der Waals surface area contributed by atoms with Crippen molar-refractivity contribution in [2.24, 2.45) is 0 Å². The van der Waals surface area contributed by atoms with Crippen molar-refractivity contribution < 1.29 is 59.2 Å². The fourth-order valence-corrected chi connectivity index (χ4v) is 4.54. The summed E-state index contributed by atoms with van der Waals surface area (Å²) in [7, 11) is 0. The van der Waals surface area contributed by atoms with Crippen molar-refractivity contribution >= 4 is 23.9 Å². The Labute approximate surface area is 275 Å². The molecule has 0 bridgehead atoms. The highest BCUT2D eigenvalue weighted by Gasteiger charge is 2.25. The molecule has 4 rings (SSSR count). The third kappa shape index (κ3) is 9.20. The van der Waals surface area contributed by atoms with E-state index in [1.54, 1.807) is 42.5 Å². The summed E-state index contributed by atoms with van der Waals surface area (Å²) < 4.78 is 18.0. The molecule has 0 aliphatic heterocycles. The van der Waals surface area contributed by atoms with Crippen LogP contribution >= 0.6 is 0 Å². The van der Waals surface area contributed by atoms with Crippen LogP contribution in [-0.2, 0) is 14.4 Å². The predicted molar refractivity (Wildman–Crippen MR) is 172 cm³/mol. The van der Waals surface area contributed by atoms with E-state index in [9.17, 15) is 34.8 Å². The van der Waals surface area contributed by atoms with E-state index in [2.05, 4.69) is 0 Å². The Hall–Kier alpha value is -5.21. The van der Waals surface area contributed by atoms with Crippen molar-refractivity contribution in [3.63, 3.8) is 0 Å². The first-order valence-electron chi connectivity index (χ1n) is 14.7. The number of ketones is 2. The number of rotatable bonds is 17. The molecule has 0 amide bonds. The molecule has 6 N–H and O–H groups in total. The standard InChI is InChI=1S/C36H34O12/c37-16-2-3-22-6-11-26(12-7-22)46-32-18-25(10-15-31(32)48-28-5-1-4-24(17-28)35(44)30(42)20-39)36(45)33(21-40)47-27-13-8-23(9-14-27)34(43)29(41)19-38/h1-18,33-36,38-40,43-45H,19-21H2. The molecule has 0 aliphatic carbocycles. The van der Waals surface area contributed by atoms with E-state index in [-0.39, 0.29) is 39.7 Å². The summed E-state index contributed by atoms with van der Waals surface area (Å²) in [5, 5.41) is 59.7. The fraction of sp³-hybridized carbons (Fsp3) is 0.194. The summed E-state index contributed by atoms with van der Waals surface area (Å²) >= 11 is 0. The zero-order valence-electron chi connectivity index (χ0n) is 25.5. The van der Waals surface area contributed by atoms with E-state index in [1.165, 1.54) is 60.7 Å². The molecule has 0 spiro atoms. The molecule has 250 valence electrons. The summed E-state index contributed by atoms with van der Waals surface area (Å²) in [4.78, 5) is 34.1. The van der Waals surface area contributed by atoms with Gasteiger partial charge in [0.1, 0.15) is 55.1 Å². The van der Waals surface area contributed by atoms with Gasteiger partial charge in [-0.2, -0.15) is 0 Å². The maximum Gasteiger partial charge on any atom is 0.191 e. The van der Waals surface area contributed by atoms with Gasteiger partial charge < -0.3 is 44.8 Å².